The molecule has 0 spiro atoms. The molecule has 0 aliphatic carbocycles. The van der Waals surface area contributed by atoms with Crippen molar-refractivity contribution in [2.45, 2.75) is 31.5 Å². The van der Waals surface area contributed by atoms with Crippen LogP contribution in [0.5, 0.6) is 0 Å². The van der Waals surface area contributed by atoms with Crippen molar-refractivity contribution >= 4 is 0 Å². The number of aliphatic hydroxyl groups excluding tert-OH is 1. The molecule has 3 unspecified atom stereocenters. The van der Waals surface area contributed by atoms with Gasteiger partial charge in [0.2, 0.25) is 0 Å². The molecule has 2 rings (SSSR count). The zero-order chi connectivity index (χ0) is 7.68. The minimum atomic E-state index is 0.317. The molecule has 0 radical (unpaired) electrons. The number of aliphatic hydroxyl groups is 1. The van der Waals surface area contributed by atoms with Crippen molar-refractivity contribution in [2.24, 2.45) is 5.92 Å². The van der Waals surface area contributed by atoms with E-state index in [0.29, 0.717) is 24.7 Å². The second kappa shape index (κ2) is 2.95. The Morgan fingerprint density at radius 1 is 1.45 bits per heavy atom. The predicted molar refractivity (Wildman–Crippen MR) is 42.2 cm³/mol. The van der Waals surface area contributed by atoms with E-state index in [-0.39, 0.29) is 0 Å². The van der Waals surface area contributed by atoms with Gasteiger partial charge in [0.1, 0.15) is 0 Å². The summed E-state index contributed by atoms with van der Waals surface area (Å²) in [6.45, 7) is 0.317. The van der Waals surface area contributed by atoms with Gasteiger partial charge in [-0.25, -0.2) is 0 Å². The summed E-state index contributed by atoms with van der Waals surface area (Å²) in [5.41, 5.74) is 0. The fraction of sp³-hybridized carbons (Fsp3) is 0.778. The molecule has 2 heteroatoms. The van der Waals surface area contributed by atoms with Crippen molar-refractivity contribution in [3.05, 3.63) is 12.2 Å². The zero-order valence-electron chi connectivity index (χ0n) is 6.57. The maximum absolute atomic E-state index is 8.64. The Balaban J connectivity index is 1.84. The van der Waals surface area contributed by atoms with E-state index in [4.69, 9.17) is 9.84 Å². The van der Waals surface area contributed by atoms with Gasteiger partial charge in [0.05, 0.1) is 12.2 Å². The average molecular weight is 154 g/mol. The first-order chi connectivity index (χ1) is 5.40. The molecule has 2 aliphatic heterocycles. The van der Waals surface area contributed by atoms with E-state index in [1.807, 2.05) is 0 Å². The van der Waals surface area contributed by atoms with E-state index in [2.05, 4.69) is 12.2 Å². The molecule has 3 atom stereocenters. The van der Waals surface area contributed by atoms with Crippen LogP contribution in [0.1, 0.15) is 19.3 Å². The van der Waals surface area contributed by atoms with Gasteiger partial charge in [0, 0.05) is 6.61 Å². The normalized spacial score (nSPS) is 40.3. The molecule has 0 aromatic heterocycles. The summed E-state index contributed by atoms with van der Waals surface area (Å²) >= 11 is 0. The summed E-state index contributed by atoms with van der Waals surface area (Å²) in [7, 11) is 0. The van der Waals surface area contributed by atoms with E-state index >= 15 is 0 Å². The third-order valence-electron chi connectivity index (χ3n) is 2.58. The lowest BCUT2D eigenvalue weighted by Crippen LogP contribution is -2.13. The summed E-state index contributed by atoms with van der Waals surface area (Å²) in [6.07, 6.45) is 8.28. The summed E-state index contributed by atoms with van der Waals surface area (Å²) in [6, 6.07) is 0. The Labute approximate surface area is 66.9 Å². The summed E-state index contributed by atoms with van der Waals surface area (Å²) in [4.78, 5) is 0. The van der Waals surface area contributed by atoms with Gasteiger partial charge in [-0.1, -0.05) is 12.2 Å². The van der Waals surface area contributed by atoms with Gasteiger partial charge in [-0.05, 0) is 25.2 Å². The number of fused-ring (bicyclic) bond motifs is 2. The Kier molecular flexibility index (Phi) is 1.96. The van der Waals surface area contributed by atoms with Gasteiger partial charge in [0.25, 0.3) is 0 Å². The van der Waals surface area contributed by atoms with Crippen molar-refractivity contribution in [3.63, 3.8) is 0 Å². The lowest BCUT2D eigenvalue weighted by molar-refractivity contribution is 0.106. The van der Waals surface area contributed by atoms with E-state index in [0.717, 1.165) is 12.8 Å². The van der Waals surface area contributed by atoms with Crippen LogP contribution < -0.4 is 0 Å². The fourth-order valence-electron chi connectivity index (χ4n) is 2.00. The zero-order valence-corrected chi connectivity index (χ0v) is 6.57. The van der Waals surface area contributed by atoms with Gasteiger partial charge in [-0.15, -0.1) is 0 Å². The predicted octanol–water partition coefficient (Wildman–Crippen LogP) is 1.10. The van der Waals surface area contributed by atoms with Crippen LogP contribution in [0, 0.1) is 5.92 Å². The van der Waals surface area contributed by atoms with E-state index in [1.54, 1.807) is 0 Å². The third kappa shape index (κ3) is 1.33. The topological polar surface area (TPSA) is 29.5 Å². The smallest absolute Gasteiger partial charge is 0.0794 e. The van der Waals surface area contributed by atoms with Crippen molar-refractivity contribution in [3.8, 4) is 0 Å². The molecule has 2 aliphatic rings. The summed E-state index contributed by atoms with van der Waals surface area (Å²) < 4.78 is 5.59. The van der Waals surface area contributed by atoms with Gasteiger partial charge in [-0.3, -0.25) is 0 Å². The molecule has 1 N–H and O–H groups in total. The van der Waals surface area contributed by atoms with Gasteiger partial charge >= 0.3 is 0 Å². The van der Waals surface area contributed by atoms with Crippen molar-refractivity contribution in [1.82, 2.24) is 0 Å². The van der Waals surface area contributed by atoms with Crippen LogP contribution in [-0.4, -0.2) is 23.9 Å². The van der Waals surface area contributed by atoms with Crippen LogP contribution in [0.25, 0.3) is 0 Å². The molecule has 1 saturated heterocycles. The maximum Gasteiger partial charge on any atom is 0.0794 e. The molecule has 1 fully saturated rings. The molecule has 0 aromatic carbocycles. The first-order valence-electron chi connectivity index (χ1n) is 4.35. The Bertz CT molecular complexity index is 165. The molecule has 62 valence electrons. The largest absolute Gasteiger partial charge is 0.396 e. The number of hydrogen-bond donors (Lipinski definition) is 1. The molecule has 0 saturated carbocycles. The number of ether oxygens (including phenoxy) is 1. The van der Waals surface area contributed by atoms with E-state index in [9.17, 15) is 0 Å². The van der Waals surface area contributed by atoms with E-state index in [1.165, 1.54) is 6.42 Å². The highest BCUT2D eigenvalue weighted by Crippen LogP contribution is 2.35. The SMILES string of the molecule is OCCCC1CC2C=CC1O2. The molecular formula is C9H14O2. The molecule has 2 nitrogen and oxygen atoms in total. The highest BCUT2D eigenvalue weighted by atomic mass is 16.5. The Morgan fingerprint density at radius 2 is 2.36 bits per heavy atom. The number of hydrogen-bond acceptors (Lipinski definition) is 2. The first-order valence-corrected chi connectivity index (χ1v) is 4.35. The molecular weight excluding hydrogens is 140 g/mol. The molecule has 0 aromatic rings. The quantitative estimate of drug-likeness (QED) is 0.617. The monoisotopic (exact) mass is 154 g/mol. The van der Waals surface area contributed by atoms with Crippen molar-refractivity contribution in [2.75, 3.05) is 6.61 Å². The van der Waals surface area contributed by atoms with Crippen LogP contribution in [0.3, 0.4) is 0 Å². The minimum absolute atomic E-state index is 0.317. The van der Waals surface area contributed by atoms with Crippen LogP contribution in [0.2, 0.25) is 0 Å². The lowest BCUT2D eigenvalue weighted by atomic mass is 9.90. The van der Waals surface area contributed by atoms with Crippen LogP contribution in [0.15, 0.2) is 12.2 Å². The van der Waals surface area contributed by atoms with Crippen LogP contribution in [0.4, 0.5) is 0 Å². The van der Waals surface area contributed by atoms with E-state index < -0.39 is 0 Å². The van der Waals surface area contributed by atoms with Crippen molar-refractivity contribution < 1.29 is 9.84 Å². The second-order valence-corrected chi connectivity index (χ2v) is 3.39. The van der Waals surface area contributed by atoms with Crippen LogP contribution in [-0.2, 0) is 4.74 Å². The molecule has 2 heterocycles. The van der Waals surface area contributed by atoms with Gasteiger partial charge in [0.15, 0.2) is 0 Å². The molecule has 2 bridgehead atoms. The number of rotatable bonds is 3. The highest BCUT2D eigenvalue weighted by molar-refractivity contribution is 5.10. The Hall–Kier alpha value is -0.340. The maximum atomic E-state index is 8.64. The molecule has 11 heavy (non-hydrogen) atoms. The summed E-state index contributed by atoms with van der Waals surface area (Å²) in [5.74, 6) is 0.678. The Morgan fingerprint density at radius 3 is 2.91 bits per heavy atom. The van der Waals surface area contributed by atoms with Gasteiger partial charge < -0.3 is 9.84 Å². The minimum Gasteiger partial charge on any atom is -0.396 e. The van der Waals surface area contributed by atoms with Crippen molar-refractivity contribution in [1.29, 1.82) is 0 Å². The first kappa shape index (κ1) is 7.32. The second-order valence-electron chi connectivity index (χ2n) is 3.39. The fourth-order valence-corrected chi connectivity index (χ4v) is 2.00. The lowest BCUT2D eigenvalue weighted by Gasteiger charge is -2.13. The average Bonchev–Trinajstić information content (AvgIpc) is 2.60. The van der Waals surface area contributed by atoms with Crippen LogP contribution >= 0.6 is 0 Å². The van der Waals surface area contributed by atoms with Gasteiger partial charge in [-0.2, -0.15) is 0 Å². The summed E-state index contributed by atoms with van der Waals surface area (Å²) in [5, 5.41) is 8.64. The third-order valence-corrected chi connectivity index (χ3v) is 2.58. The molecule has 0 amide bonds. The highest BCUT2D eigenvalue weighted by Gasteiger charge is 2.35. The standard InChI is InChI=1S/C9H14O2/c10-5-1-2-7-6-8-3-4-9(7)11-8/h3-4,7-10H,1-2,5-6H2.